The molecular weight excluding hydrogens is 214 g/mol. The fourth-order valence-electron chi connectivity index (χ4n) is 1.87. The molecule has 0 aliphatic carbocycles. The second kappa shape index (κ2) is 6.39. The zero-order chi connectivity index (χ0) is 12.8. The Kier molecular flexibility index (Phi) is 5.15. The number of nitrogens with two attached hydrogens (primary N) is 1. The molecule has 0 aliphatic heterocycles. The molecule has 96 valence electrons. The highest BCUT2D eigenvalue weighted by molar-refractivity contribution is 5.55. The van der Waals surface area contributed by atoms with Gasteiger partial charge in [-0.2, -0.15) is 0 Å². The molecule has 0 aromatic carbocycles. The zero-order valence-electron chi connectivity index (χ0n) is 11.2. The highest BCUT2D eigenvalue weighted by atomic mass is 15.1. The molecule has 3 N–H and O–H groups in total. The Morgan fingerprint density at radius 1 is 1.41 bits per heavy atom. The second-order valence-electron chi connectivity index (χ2n) is 4.64. The van der Waals surface area contributed by atoms with Crippen LogP contribution < -0.4 is 11.1 Å². The van der Waals surface area contributed by atoms with Gasteiger partial charge < -0.3 is 16.0 Å². The van der Waals surface area contributed by atoms with Gasteiger partial charge in [0.1, 0.15) is 18.0 Å². The van der Waals surface area contributed by atoms with E-state index in [0.29, 0.717) is 11.9 Å². The van der Waals surface area contributed by atoms with E-state index >= 15 is 0 Å². The van der Waals surface area contributed by atoms with Crippen molar-refractivity contribution in [2.45, 2.75) is 32.7 Å². The van der Waals surface area contributed by atoms with E-state index < -0.39 is 0 Å². The van der Waals surface area contributed by atoms with Crippen LogP contribution in [-0.4, -0.2) is 41.5 Å². The lowest BCUT2D eigenvalue weighted by molar-refractivity contribution is 0.391. The summed E-state index contributed by atoms with van der Waals surface area (Å²) in [5, 5.41) is 3.39. The lowest BCUT2D eigenvalue weighted by Crippen LogP contribution is -2.30. The number of likely N-dealkylation sites (N-methyl/N-ethyl adjacent to an activating group) is 1. The Balaban J connectivity index is 2.79. The predicted octanol–water partition coefficient (Wildman–Crippen LogP) is 1.37. The first-order valence-corrected chi connectivity index (χ1v) is 6.05. The minimum Gasteiger partial charge on any atom is -0.383 e. The summed E-state index contributed by atoms with van der Waals surface area (Å²) in [4.78, 5) is 10.5. The third-order valence-corrected chi connectivity index (χ3v) is 2.50. The summed E-state index contributed by atoms with van der Waals surface area (Å²) in [6.07, 6.45) is 3.46. The molecule has 1 aromatic heterocycles. The van der Waals surface area contributed by atoms with Crippen LogP contribution in [0.3, 0.4) is 0 Å². The molecule has 0 radical (unpaired) electrons. The van der Waals surface area contributed by atoms with Crippen molar-refractivity contribution in [1.82, 2.24) is 14.9 Å². The van der Waals surface area contributed by atoms with Gasteiger partial charge in [-0.1, -0.05) is 13.3 Å². The highest BCUT2D eigenvalue weighted by Crippen LogP contribution is 2.19. The number of aromatic nitrogens is 2. The normalized spacial score (nSPS) is 12.8. The third-order valence-electron chi connectivity index (χ3n) is 2.50. The van der Waals surface area contributed by atoms with Gasteiger partial charge >= 0.3 is 0 Å². The van der Waals surface area contributed by atoms with Gasteiger partial charge in [0.05, 0.1) is 0 Å². The number of nitrogen functional groups attached to an aromatic ring is 1. The van der Waals surface area contributed by atoms with Crippen molar-refractivity contribution in [2.24, 2.45) is 0 Å². The second-order valence-corrected chi connectivity index (χ2v) is 4.64. The molecule has 5 heteroatoms. The van der Waals surface area contributed by atoms with Gasteiger partial charge in [0.25, 0.3) is 0 Å². The van der Waals surface area contributed by atoms with Crippen LogP contribution in [0.15, 0.2) is 6.33 Å². The zero-order valence-corrected chi connectivity index (χ0v) is 11.2. The van der Waals surface area contributed by atoms with Gasteiger partial charge in [-0.3, -0.25) is 0 Å². The predicted molar refractivity (Wildman–Crippen MR) is 72.1 cm³/mol. The molecule has 17 heavy (non-hydrogen) atoms. The fourth-order valence-corrected chi connectivity index (χ4v) is 1.87. The Morgan fingerprint density at radius 3 is 2.71 bits per heavy atom. The molecular formula is C12H23N5. The van der Waals surface area contributed by atoms with Crippen molar-refractivity contribution < 1.29 is 0 Å². The Morgan fingerprint density at radius 2 is 2.12 bits per heavy atom. The molecule has 1 heterocycles. The molecule has 0 fully saturated rings. The minimum absolute atomic E-state index is 0.329. The summed E-state index contributed by atoms with van der Waals surface area (Å²) in [6, 6.07) is 0.329. The molecule has 1 rings (SSSR count). The summed E-state index contributed by atoms with van der Waals surface area (Å²) in [7, 11) is 4.11. The van der Waals surface area contributed by atoms with Crippen molar-refractivity contribution in [3.05, 3.63) is 11.9 Å². The summed E-state index contributed by atoms with van der Waals surface area (Å²) in [6.45, 7) is 5.21. The van der Waals surface area contributed by atoms with Crippen LogP contribution in [-0.2, 0) is 6.42 Å². The van der Waals surface area contributed by atoms with Crippen LogP contribution in [0, 0.1) is 0 Å². The summed E-state index contributed by atoms with van der Waals surface area (Å²) in [5.74, 6) is 1.45. The van der Waals surface area contributed by atoms with E-state index in [4.69, 9.17) is 5.73 Å². The number of nitrogens with one attached hydrogen (secondary N) is 1. The SMILES string of the molecule is CCCc1c(N)ncnc1NC(C)CN(C)C. The van der Waals surface area contributed by atoms with Gasteiger partial charge in [-0.15, -0.1) is 0 Å². The molecule has 0 saturated carbocycles. The average molecular weight is 237 g/mol. The smallest absolute Gasteiger partial charge is 0.134 e. The monoisotopic (exact) mass is 237 g/mol. The Bertz CT molecular complexity index is 351. The lowest BCUT2D eigenvalue weighted by Gasteiger charge is -2.20. The molecule has 0 saturated heterocycles. The van der Waals surface area contributed by atoms with Gasteiger partial charge in [0, 0.05) is 18.2 Å². The number of hydrogen-bond acceptors (Lipinski definition) is 5. The molecule has 0 bridgehead atoms. The Hall–Kier alpha value is -1.36. The van der Waals surface area contributed by atoms with E-state index in [9.17, 15) is 0 Å². The number of rotatable bonds is 6. The van der Waals surface area contributed by atoms with E-state index in [1.165, 1.54) is 6.33 Å². The Labute approximate surface area is 103 Å². The third kappa shape index (κ3) is 4.19. The molecule has 1 unspecified atom stereocenters. The van der Waals surface area contributed by atoms with E-state index in [2.05, 4.69) is 48.1 Å². The van der Waals surface area contributed by atoms with Crippen LogP contribution in [0.4, 0.5) is 11.6 Å². The summed E-state index contributed by atoms with van der Waals surface area (Å²) in [5.41, 5.74) is 6.91. The maximum atomic E-state index is 5.88. The number of hydrogen-bond donors (Lipinski definition) is 2. The van der Waals surface area contributed by atoms with Gasteiger partial charge in [-0.05, 0) is 27.4 Å². The van der Waals surface area contributed by atoms with Gasteiger partial charge in [0.2, 0.25) is 0 Å². The molecule has 0 amide bonds. The minimum atomic E-state index is 0.329. The van der Waals surface area contributed by atoms with Crippen LogP contribution in [0.5, 0.6) is 0 Å². The van der Waals surface area contributed by atoms with Gasteiger partial charge in [0.15, 0.2) is 0 Å². The van der Waals surface area contributed by atoms with Crippen molar-refractivity contribution in [2.75, 3.05) is 31.7 Å². The largest absolute Gasteiger partial charge is 0.383 e. The van der Waals surface area contributed by atoms with Crippen LogP contribution in [0.2, 0.25) is 0 Å². The first-order valence-electron chi connectivity index (χ1n) is 6.05. The van der Waals surface area contributed by atoms with Crippen molar-refractivity contribution in [3.63, 3.8) is 0 Å². The van der Waals surface area contributed by atoms with Crippen molar-refractivity contribution in [3.8, 4) is 0 Å². The lowest BCUT2D eigenvalue weighted by atomic mass is 10.1. The van der Waals surface area contributed by atoms with E-state index in [-0.39, 0.29) is 0 Å². The number of nitrogens with zero attached hydrogens (tertiary/aromatic N) is 3. The molecule has 0 spiro atoms. The highest BCUT2D eigenvalue weighted by Gasteiger charge is 2.11. The maximum absolute atomic E-state index is 5.88. The molecule has 1 atom stereocenters. The first kappa shape index (κ1) is 13.7. The maximum Gasteiger partial charge on any atom is 0.134 e. The standard InChI is InChI=1S/C12H23N5/c1-5-6-10-11(13)14-8-15-12(10)16-9(2)7-17(3)4/h8-9H,5-7H2,1-4H3,(H3,13,14,15,16). The van der Waals surface area contributed by atoms with Crippen LogP contribution in [0.25, 0.3) is 0 Å². The van der Waals surface area contributed by atoms with E-state index in [1.807, 2.05) is 0 Å². The topological polar surface area (TPSA) is 67.1 Å². The fraction of sp³-hybridized carbons (Fsp3) is 0.667. The molecule has 1 aromatic rings. The van der Waals surface area contributed by atoms with Crippen molar-refractivity contribution in [1.29, 1.82) is 0 Å². The van der Waals surface area contributed by atoms with E-state index in [0.717, 1.165) is 30.8 Å². The summed E-state index contributed by atoms with van der Waals surface area (Å²) < 4.78 is 0. The average Bonchev–Trinajstić information content (AvgIpc) is 2.22. The van der Waals surface area contributed by atoms with Crippen LogP contribution >= 0.6 is 0 Å². The quantitative estimate of drug-likeness (QED) is 0.782. The first-order chi connectivity index (χ1) is 8.04. The van der Waals surface area contributed by atoms with Crippen molar-refractivity contribution >= 4 is 11.6 Å². The molecule has 5 nitrogen and oxygen atoms in total. The molecule has 0 aliphatic rings. The number of anilines is 2. The summed E-state index contributed by atoms with van der Waals surface area (Å²) >= 11 is 0. The van der Waals surface area contributed by atoms with Gasteiger partial charge in [-0.25, -0.2) is 9.97 Å². The van der Waals surface area contributed by atoms with Crippen LogP contribution in [0.1, 0.15) is 25.8 Å². The van der Waals surface area contributed by atoms with E-state index in [1.54, 1.807) is 0 Å².